The molecule has 1 N–H and O–H groups in total. The van der Waals surface area contributed by atoms with Crippen LogP contribution in [0, 0.1) is 0 Å². The van der Waals surface area contributed by atoms with Crippen molar-refractivity contribution >= 4 is 16.8 Å². The minimum absolute atomic E-state index is 0.302. The van der Waals surface area contributed by atoms with Crippen molar-refractivity contribution in [1.29, 1.82) is 0 Å². The van der Waals surface area contributed by atoms with E-state index >= 15 is 0 Å². The molecule has 0 radical (unpaired) electrons. The molecule has 5 nitrogen and oxygen atoms in total. The first-order valence-corrected chi connectivity index (χ1v) is 10.4. The van der Waals surface area contributed by atoms with Gasteiger partial charge < -0.3 is 14.8 Å². The second kappa shape index (κ2) is 8.03. The molecular formula is C22H32N4O. The third-order valence-corrected chi connectivity index (χ3v) is 6.49. The van der Waals surface area contributed by atoms with E-state index in [2.05, 4.69) is 58.1 Å². The summed E-state index contributed by atoms with van der Waals surface area (Å²) < 4.78 is 0. The molecule has 0 unspecified atom stereocenters. The second-order valence-electron chi connectivity index (χ2n) is 8.18. The highest BCUT2D eigenvalue weighted by Crippen LogP contribution is 2.24. The standard InChI is InChI=1S/C22H32N4O/c1-3-26(18-10-12-24(2)13-11-18)19-15-25(16-19)22(27)9-8-17-14-23-21-7-5-4-6-20(17)21/h4-7,14,18-19,23H,3,8-13,15-16H2,1-2H3. The Bertz CT molecular complexity index is 771. The van der Waals surface area contributed by atoms with Gasteiger partial charge >= 0.3 is 0 Å². The maximum absolute atomic E-state index is 12.6. The SMILES string of the molecule is CCN(C1CCN(C)CC1)C1CN(C(=O)CCc2c[nH]c3ccccc23)C1. The third-order valence-electron chi connectivity index (χ3n) is 6.49. The number of hydrogen-bond acceptors (Lipinski definition) is 3. The molecule has 146 valence electrons. The van der Waals surface area contributed by atoms with Gasteiger partial charge in [0.2, 0.25) is 5.91 Å². The summed E-state index contributed by atoms with van der Waals surface area (Å²) in [6.45, 7) is 7.57. The lowest BCUT2D eigenvalue weighted by molar-refractivity contribution is -0.139. The van der Waals surface area contributed by atoms with E-state index < -0.39 is 0 Å². The van der Waals surface area contributed by atoms with Gasteiger partial charge in [-0.25, -0.2) is 0 Å². The Hall–Kier alpha value is -1.85. The molecule has 1 aromatic carbocycles. The van der Waals surface area contributed by atoms with Crippen LogP contribution in [0.3, 0.4) is 0 Å². The summed E-state index contributed by atoms with van der Waals surface area (Å²) in [6, 6.07) is 9.57. The molecule has 2 aliphatic heterocycles. The number of H-pyrrole nitrogens is 1. The largest absolute Gasteiger partial charge is 0.361 e. The summed E-state index contributed by atoms with van der Waals surface area (Å²) in [5.74, 6) is 0.302. The number of amides is 1. The summed E-state index contributed by atoms with van der Waals surface area (Å²) in [7, 11) is 2.21. The monoisotopic (exact) mass is 368 g/mol. The molecule has 0 atom stereocenters. The number of piperidine rings is 1. The lowest BCUT2D eigenvalue weighted by Gasteiger charge is -2.49. The summed E-state index contributed by atoms with van der Waals surface area (Å²) in [4.78, 5) is 23.1. The summed E-state index contributed by atoms with van der Waals surface area (Å²) in [6.07, 6.45) is 5.99. The van der Waals surface area contributed by atoms with Crippen LogP contribution in [0.25, 0.3) is 10.9 Å². The number of fused-ring (bicyclic) bond motifs is 1. The van der Waals surface area contributed by atoms with Crippen LogP contribution < -0.4 is 0 Å². The van der Waals surface area contributed by atoms with E-state index in [0.29, 0.717) is 24.4 Å². The first-order chi connectivity index (χ1) is 13.2. The highest BCUT2D eigenvalue weighted by atomic mass is 16.2. The Morgan fingerprint density at radius 2 is 1.93 bits per heavy atom. The van der Waals surface area contributed by atoms with Gasteiger partial charge in [-0.2, -0.15) is 0 Å². The normalized spacial score (nSPS) is 19.7. The highest BCUT2D eigenvalue weighted by Gasteiger charge is 2.37. The minimum Gasteiger partial charge on any atom is -0.361 e. The molecule has 4 rings (SSSR count). The molecule has 2 aromatic rings. The van der Waals surface area contributed by atoms with Crippen LogP contribution in [0.2, 0.25) is 0 Å². The van der Waals surface area contributed by atoms with Crippen LogP contribution in [0.5, 0.6) is 0 Å². The van der Waals surface area contributed by atoms with Crippen molar-refractivity contribution in [3.05, 3.63) is 36.0 Å². The Labute approximate surface area is 162 Å². The van der Waals surface area contributed by atoms with E-state index in [-0.39, 0.29) is 0 Å². The van der Waals surface area contributed by atoms with Gasteiger partial charge in [0.15, 0.2) is 0 Å². The first-order valence-electron chi connectivity index (χ1n) is 10.4. The molecule has 1 aromatic heterocycles. The first kappa shape index (κ1) is 18.5. The Morgan fingerprint density at radius 3 is 2.67 bits per heavy atom. The fraction of sp³-hybridized carbons (Fsp3) is 0.591. The smallest absolute Gasteiger partial charge is 0.223 e. The number of aromatic amines is 1. The fourth-order valence-electron chi connectivity index (χ4n) is 4.75. The van der Waals surface area contributed by atoms with Crippen LogP contribution in [0.4, 0.5) is 0 Å². The van der Waals surface area contributed by atoms with E-state index in [4.69, 9.17) is 0 Å². The quantitative estimate of drug-likeness (QED) is 0.853. The van der Waals surface area contributed by atoms with Gasteiger partial charge in [0.25, 0.3) is 0 Å². The van der Waals surface area contributed by atoms with Crippen molar-refractivity contribution in [1.82, 2.24) is 19.7 Å². The van der Waals surface area contributed by atoms with Crippen molar-refractivity contribution in [2.45, 2.75) is 44.7 Å². The lowest BCUT2D eigenvalue weighted by atomic mass is 9.97. The predicted octanol–water partition coefficient (Wildman–Crippen LogP) is 2.73. The van der Waals surface area contributed by atoms with Crippen molar-refractivity contribution in [3.8, 4) is 0 Å². The van der Waals surface area contributed by atoms with Crippen LogP contribution in [-0.4, -0.2) is 77.4 Å². The third kappa shape index (κ3) is 3.90. The molecule has 0 bridgehead atoms. The number of aromatic nitrogens is 1. The number of nitrogens with zero attached hydrogens (tertiary/aromatic N) is 3. The topological polar surface area (TPSA) is 42.6 Å². The zero-order valence-electron chi connectivity index (χ0n) is 16.7. The van der Waals surface area contributed by atoms with Crippen LogP contribution >= 0.6 is 0 Å². The molecular weight excluding hydrogens is 336 g/mol. The number of likely N-dealkylation sites (N-methyl/N-ethyl adjacent to an activating group) is 1. The van der Waals surface area contributed by atoms with Crippen molar-refractivity contribution in [3.63, 3.8) is 0 Å². The molecule has 2 fully saturated rings. The van der Waals surface area contributed by atoms with E-state index in [9.17, 15) is 4.79 Å². The van der Waals surface area contributed by atoms with E-state index in [0.717, 1.165) is 31.6 Å². The number of nitrogens with one attached hydrogen (secondary N) is 1. The maximum atomic E-state index is 12.6. The number of para-hydroxylation sites is 1. The molecule has 2 aliphatic rings. The van der Waals surface area contributed by atoms with Gasteiger partial charge in [-0.05, 0) is 57.6 Å². The molecule has 3 heterocycles. The van der Waals surface area contributed by atoms with Gasteiger partial charge in [0, 0.05) is 48.7 Å². The lowest BCUT2D eigenvalue weighted by Crippen LogP contribution is -2.63. The van der Waals surface area contributed by atoms with E-state index in [1.54, 1.807) is 0 Å². The maximum Gasteiger partial charge on any atom is 0.223 e. The van der Waals surface area contributed by atoms with Crippen LogP contribution in [0.1, 0.15) is 31.7 Å². The summed E-state index contributed by atoms with van der Waals surface area (Å²) in [5, 5.41) is 1.24. The zero-order chi connectivity index (χ0) is 18.8. The average Bonchev–Trinajstić information content (AvgIpc) is 3.06. The van der Waals surface area contributed by atoms with Gasteiger partial charge in [-0.15, -0.1) is 0 Å². The van der Waals surface area contributed by atoms with Crippen molar-refractivity contribution in [2.24, 2.45) is 0 Å². The number of likely N-dealkylation sites (tertiary alicyclic amines) is 2. The number of aryl methyl sites for hydroxylation is 1. The fourth-order valence-corrected chi connectivity index (χ4v) is 4.75. The molecule has 0 spiro atoms. The van der Waals surface area contributed by atoms with Gasteiger partial charge in [0.1, 0.15) is 0 Å². The Balaban J connectivity index is 1.26. The summed E-state index contributed by atoms with van der Waals surface area (Å²) in [5.41, 5.74) is 2.40. The minimum atomic E-state index is 0.302. The second-order valence-corrected chi connectivity index (χ2v) is 8.18. The van der Waals surface area contributed by atoms with Gasteiger partial charge in [0.05, 0.1) is 0 Å². The zero-order valence-corrected chi connectivity index (χ0v) is 16.7. The Morgan fingerprint density at radius 1 is 1.19 bits per heavy atom. The van der Waals surface area contributed by atoms with Gasteiger partial charge in [-0.1, -0.05) is 25.1 Å². The molecule has 0 aliphatic carbocycles. The van der Waals surface area contributed by atoms with Crippen LogP contribution in [-0.2, 0) is 11.2 Å². The van der Waals surface area contributed by atoms with E-state index in [1.807, 2.05) is 6.07 Å². The summed E-state index contributed by atoms with van der Waals surface area (Å²) >= 11 is 0. The van der Waals surface area contributed by atoms with Crippen LogP contribution in [0.15, 0.2) is 30.5 Å². The molecule has 2 saturated heterocycles. The van der Waals surface area contributed by atoms with Crippen molar-refractivity contribution in [2.75, 3.05) is 39.8 Å². The van der Waals surface area contributed by atoms with E-state index in [1.165, 1.54) is 36.9 Å². The number of hydrogen-bond donors (Lipinski definition) is 1. The highest BCUT2D eigenvalue weighted by molar-refractivity contribution is 5.84. The number of carbonyl (C=O) groups excluding carboxylic acids is 1. The average molecular weight is 369 g/mol. The Kier molecular flexibility index (Phi) is 5.50. The number of rotatable bonds is 6. The molecule has 5 heteroatoms. The molecule has 27 heavy (non-hydrogen) atoms. The number of benzene rings is 1. The molecule has 1 amide bonds. The van der Waals surface area contributed by atoms with Crippen molar-refractivity contribution < 1.29 is 4.79 Å². The molecule has 0 saturated carbocycles. The number of carbonyl (C=O) groups is 1. The predicted molar refractivity (Wildman–Crippen MR) is 110 cm³/mol. The van der Waals surface area contributed by atoms with Gasteiger partial charge in [-0.3, -0.25) is 9.69 Å².